The Kier molecular flexibility index (Phi) is 4.69. The highest BCUT2D eigenvalue weighted by molar-refractivity contribution is 5.90. The van der Waals surface area contributed by atoms with Crippen LogP contribution in [0.5, 0.6) is 0 Å². The number of nitrogens with zero attached hydrogens (tertiary/aromatic N) is 4. The number of piperazine rings is 1. The zero-order valence-electron chi connectivity index (χ0n) is 14.9. The molecule has 0 aliphatic carbocycles. The molecule has 24 heavy (non-hydrogen) atoms. The highest BCUT2D eigenvalue weighted by Crippen LogP contribution is 2.29. The van der Waals surface area contributed by atoms with Crippen LogP contribution in [0.2, 0.25) is 0 Å². The van der Waals surface area contributed by atoms with Crippen molar-refractivity contribution in [3.63, 3.8) is 0 Å². The molecule has 0 aromatic heterocycles. The third-order valence-corrected chi connectivity index (χ3v) is 5.67. The van der Waals surface area contributed by atoms with E-state index in [2.05, 4.69) is 0 Å². The van der Waals surface area contributed by atoms with Gasteiger partial charge in [-0.2, -0.15) is 0 Å². The molecular formula is C17H28N4O3. The number of hydrogen-bond acceptors (Lipinski definition) is 3. The number of fused-ring (bicyclic) bond motifs is 1. The SMILES string of the molecule is C[C@@H]1C(=O)N2CCC[C@H]2CN1C(=O)C1CCN(C(=O)N(C)C)CC1. The van der Waals surface area contributed by atoms with Crippen LogP contribution in [-0.2, 0) is 9.59 Å². The molecule has 0 aromatic rings. The molecule has 7 nitrogen and oxygen atoms in total. The Morgan fingerprint density at radius 1 is 1.08 bits per heavy atom. The normalized spacial score (nSPS) is 28.1. The van der Waals surface area contributed by atoms with Crippen molar-refractivity contribution >= 4 is 17.8 Å². The summed E-state index contributed by atoms with van der Waals surface area (Å²) in [7, 11) is 3.49. The van der Waals surface area contributed by atoms with Crippen LogP contribution in [0.15, 0.2) is 0 Å². The first-order valence-corrected chi connectivity index (χ1v) is 8.97. The standard InChI is InChI=1S/C17H28N4O3/c1-12-15(22)20-8-4-5-14(20)11-21(12)16(23)13-6-9-19(10-7-13)17(24)18(2)3/h12-14H,4-11H2,1-3H3/t12-,14+/m1/s1. The number of hydrogen-bond donors (Lipinski definition) is 0. The van der Waals surface area contributed by atoms with Crippen LogP contribution >= 0.6 is 0 Å². The summed E-state index contributed by atoms with van der Waals surface area (Å²) in [6.45, 7) is 4.57. The van der Waals surface area contributed by atoms with Crippen LogP contribution in [0.1, 0.15) is 32.6 Å². The third kappa shape index (κ3) is 2.96. The van der Waals surface area contributed by atoms with Gasteiger partial charge < -0.3 is 19.6 Å². The van der Waals surface area contributed by atoms with Gasteiger partial charge in [-0.15, -0.1) is 0 Å². The lowest BCUT2D eigenvalue weighted by Crippen LogP contribution is -2.61. The predicted octanol–water partition coefficient (Wildman–Crippen LogP) is 0.602. The van der Waals surface area contributed by atoms with E-state index < -0.39 is 0 Å². The lowest BCUT2D eigenvalue weighted by molar-refractivity contribution is -0.155. The molecule has 4 amide bonds. The van der Waals surface area contributed by atoms with Crippen molar-refractivity contribution in [3.05, 3.63) is 0 Å². The molecule has 0 saturated carbocycles. The monoisotopic (exact) mass is 336 g/mol. The zero-order valence-corrected chi connectivity index (χ0v) is 14.9. The average Bonchev–Trinajstić information content (AvgIpc) is 3.05. The fourth-order valence-corrected chi connectivity index (χ4v) is 4.19. The van der Waals surface area contributed by atoms with Gasteiger partial charge in [-0.25, -0.2) is 4.79 Å². The topological polar surface area (TPSA) is 64.2 Å². The molecule has 0 radical (unpaired) electrons. The maximum Gasteiger partial charge on any atom is 0.319 e. The quantitative estimate of drug-likeness (QED) is 0.704. The smallest absolute Gasteiger partial charge is 0.319 e. The first kappa shape index (κ1) is 17.0. The second kappa shape index (κ2) is 6.61. The van der Waals surface area contributed by atoms with Crippen LogP contribution in [-0.4, -0.2) is 89.8 Å². The highest BCUT2D eigenvalue weighted by atomic mass is 16.2. The number of amides is 4. The molecule has 3 saturated heterocycles. The van der Waals surface area contributed by atoms with Crippen molar-refractivity contribution in [2.75, 3.05) is 40.3 Å². The number of rotatable bonds is 1. The molecule has 3 aliphatic rings. The Labute approximate surface area is 143 Å². The Hall–Kier alpha value is -1.79. The molecule has 0 unspecified atom stereocenters. The van der Waals surface area contributed by atoms with E-state index in [1.54, 1.807) is 28.8 Å². The van der Waals surface area contributed by atoms with Gasteiger partial charge in [0.05, 0.1) is 0 Å². The van der Waals surface area contributed by atoms with Crippen LogP contribution in [0.25, 0.3) is 0 Å². The zero-order chi connectivity index (χ0) is 17.4. The molecule has 134 valence electrons. The van der Waals surface area contributed by atoms with Crippen LogP contribution in [0.4, 0.5) is 4.79 Å². The van der Waals surface area contributed by atoms with Gasteiger partial charge in [-0.1, -0.05) is 0 Å². The largest absolute Gasteiger partial charge is 0.336 e. The molecular weight excluding hydrogens is 308 g/mol. The van der Waals surface area contributed by atoms with Gasteiger partial charge in [0, 0.05) is 52.2 Å². The van der Waals surface area contributed by atoms with Crippen molar-refractivity contribution < 1.29 is 14.4 Å². The molecule has 2 atom stereocenters. The maximum absolute atomic E-state index is 12.9. The van der Waals surface area contributed by atoms with Gasteiger partial charge in [0.15, 0.2) is 0 Å². The van der Waals surface area contributed by atoms with Crippen molar-refractivity contribution in [2.45, 2.75) is 44.7 Å². The predicted molar refractivity (Wildman–Crippen MR) is 89.3 cm³/mol. The van der Waals surface area contributed by atoms with E-state index >= 15 is 0 Å². The summed E-state index contributed by atoms with van der Waals surface area (Å²) >= 11 is 0. The van der Waals surface area contributed by atoms with Gasteiger partial charge in [-0.05, 0) is 32.6 Å². The fourth-order valence-electron chi connectivity index (χ4n) is 4.19. The molecule has 3 aliphatic heterocycles. The van der Waals surface area contributed by atoms with Gasteiger partial charge in [0.2, 0.25) is 11.8 Å². The molecule has 0 aromatic carbocycles. The summed E-state index contributed by atoms with van der Waals surface area (Å²) in [4.78, 5) is 44.6. The van der Waals surface area contributed by atoms with Gasteiger partial charge in [0.25, 0.3) is 0 Å². The van der Waals surface area contributed by atoms with Crippen LogP contribution < -0.4 is 0 Å². The van der Waals surface area contributed by atoms with Crippen molar-refractivity contribution in [2.24, 2.45) is 5.92 Å². The second-order valence-corrected chi connectivity index (χ2v) is 7.43. The van der Waals surface area contributed by atoms with Crippen molar-refractivity contribution in [1.82, 2.24) is 19.6 Å². The molecule has 3 heterocycles. The Morgan fingerprint density at radius 2 is 1.75 bits per heavy atom. The van der Waals surface area contributed by atoms with E-state index in [0.717, 1.165) is 19.4 Å². The summed E-state index contributed by atoms with van der Waals surface area (Å²) in [6.07, 6.45) is 3.41. The molecule has 0 bridgehead atoms. The van der Waals surface area contributed by atoms with Crippen molar-refractivity contribution in [1.29, 1.82) is 0 Å². The summed E-state index contributed by atoms with van der Waals surface area (Å²) in [5.41, 5.74) is 0. The first-order chi connectivity index (χ1) is 11.4. The molecule has 3 rings (SSSR count). The number of carbonyl (C=O) groups excluding carboxylic acids is 3. The Balaban J connectivity index is 1.61. The first-order valence-electron chi connectivity index (χ1n) is 8.97. The van der Waals surface area contributed by atoms with Gasteiger partial charge in [-0.3, -0.25) is 9.59 Å². The van der Waals surface area contributed by atoms with E-state index in [-0.39, 0.29) is 35.8 Å². The minimum atomic E-state index is -0.353. The van der Waals surface area contributed by atoms with Gasteiger partial charge in [0.1, 0.15) is 6.04 Å². The average molecular weight is 336 g/mol. The summed E-state index contributed by atoms with van der Waals surface area (Å²) < 4.78 is 0. The molecule has 7 heteroatoms. The second-order valence-electron chi connectivity index (χ2n) is 7.43. The minimum Gasteiger partial charge on any atom is -0.336 e. The third-order valence-electron chi connectivity index (χ3n) is 5.67. The highest BCUT2D eigenvalue weighted by Gasteiger charge is 2.43. The van der Waals surface area contributed by atoms with Gasteiger partial charge >= 0.3 is 6.03 Å². The van der Waals surface area contributed by atoms with E-state index in [0.29, 0.717) is 32.5 Å². The Bertz CT molecular complexity index is 528. The van der Waals surface area contributed by atoms with E-state index in [1.807, 2.05) is 11.8 Å². The van der Waals surface area contributed by atoms with E-state index in [1.165, 1.54) is 0 Å². The summed E-state index contributed by atoms with van der Waals surface area (Å²) in [6, 6.07) is -0.148. The lowest BCUT2D eigenvalue weighted by atomic mass is 9.93. The van der Waals surface area contributed by atoms with Crippen LogP contribution in [0, 0.1) is 5.92 Å². The fraction of sp³-hybridized carbons (Fsp3) is 0.824. The van der Waals surface area contributed by atoms with Crippen molar-refractivity contribution in [3.8, 4) is 0 Å². The number of piperidine rings is 1. The molecule has 0 spiro atoms. The number of likely N-dealkylation sites (tertiary alicyclic amines) is 1. The summed E-state index contributed by atoms with van der Waals surface area (Å²) in [5.74, 6) is 0.121. The van der Waals surface area contributed by atoms with E-state index in [4.69, 9.17) is 0 Å². The Morgan fingerprint density at radius 3 is 2.38 bits per heavy atom. The van der Waals surface area contributed by atoms with E-state index in [9.17, 15) is 14.4 Å². The lowest BCUT2D eigenvalue weighted by Gasteiger charge is -2.43. The molecule has 3 fully saturated rings. The maximum atomic E-state index is 12.9. The number of urea groups is 1. The molecule has 0 N–H and O–H groups in total. The number of carbonyl (C=O) groups is 3. The minimum absolute atomic E-state index is 0.00372. The van der Waals surface area contributed by atoms with Crippen LogP contribution in [0.3, 0.4) is 0 Å². The summed E-state index contributed by atoms with van der Waals surface area (Å²) in [5, 5.41) is 0.